The summed E-state index contributed by atoms with van der Waals surface area (Å²) >= 11 is 0. The highest BCUT2D eigenvalue weighted by Crippen LogP contribution is 2.53. The monoisotopic (exact) mass is 407 g/mol. The van der Waals surface area contributed by atoms with Crippen LogP contribution in [0, 0.1) is 5.41 Å². The van der Waals surface area contributed by atoms with Crippen LogP contribution in [0.15, 0.2) is 41.6 Å². The number of ketones is 1. The Balaban J connectivity index is 1.77. The van der Waals surface area contributed by atoms with Gasteiger partial charge in [0.1, 0.15) is 11.5 Å². The quantitative estimate of drug-likeness (QED) is 0.800. The third-order valence-electron chi connectivity index (χ3n) is 6.10. The van der Waals surface area contributed by atoms with Crippen LogP contribution in [0.25, 0.3) is 0 Å². The van der Waals surface area contributed by atoms with Gasteiger partial charge < -0.3 is 24.3 Å². The molecule has 0 spiro atoms. The van der Waals surface area contributed by atoms with E-state index >= 15 is 0 Å². The van der Waals surface area contributed by atoms with Gasteiger partial charge in [0.2, 0.25) is 6.79 Å². The van der Waals surface area contributed by atoms with Crippen LogP contribution in [0.4, 0.5) is 5.69 Å². The Bertz CT molecular complexity index is 1090. The molecule has 2 aliphatic heterocycles. The van der Waals surface area contributed by atoms with E-state index in [4.69, 9.17) is 18.9 Å². The lowest BCUT2D eigenvalue weighted by Crippen LogP contribution is -2.33. The number of fused-ring (bicyclic) bond motifs is 2. The maximum absolute atomic E-state index is 13.4. The lowest BCUT2D eigenvalue weighted by molar-refractivity contribution is -0.118. The summed E-state index contributed by atoms with van der Waals surface area (Å²) in [5, 5.41) is 3.53. The molecule has 6 nitrogen and oxygen atoms in total. The van der Waals surface area contributed by atoms with Crippen LogP contribution in [0.3, 0.4) is 0 Å². The zero-order valence-corrected chi connectivity index (χ0v) is 17.6. The Labute approximate surface area is 175 Å². The molecule has 0 saturated heterocycles. The van der Waals surface area contributed by atoms with E-state index in [1.54, 1.807) is 14.2 Å². The number of anilines is 1. The van der Waals surface area contributed by atoms with Crippen LogP contribution in [-0.2, 0) is 4.79 Å². The molecule has 0 amide bonds. The molecule has 0 aromatic heterocycles. The number of hydrogen-bond donors (Lipinski definition) is 1. The number of Topliss-reactive ketones (excluding diaryl/α,β-unsaturated/α-hetero) is 1. The molecule has 6 heteroatoms. The van der Waals surface area contributed by atoms with Crippen LogP contribution < -0.4 is 24.3 Å². The molecule has 5 rings (SSSR count). The van der Waals surface area contributed by atoms with Crippen molar-refractivity contribution in [3.63, 3.8) is 0 Å². The lowest BCUT2D eigenvalue weighted by Gasteiger charge is -2.39. The third-order valence-corrected chi connectivity index (χ3v) is 6.10. The van der Waals surface area contributed by atoms with Crippen LogP contribution in [-0.4, -0.2) is 26.8 Å². The Kier molecular flexibility index (Phi) is 4.20. The molecule has 2 heterocycles. The fourth-order valence-corrected chi connectivity index (χ4v) is 4.79. The minimum atomic E-state index is -0.278. The Hall–Kier alpha value is -3.15. The molecule has 156 valence electrons. The van der Waals surface area contributed by atoms with Gasteiger partial charge in [-0.1, -0.05) is 13.8 Å². The largest absolute Gasteiger partial charge is 0.497 e. The number of carbonyl (C=O) groups is 1. The molecule has 3 aliphatic rings. The van der Waals surface area contributed by atoms with E-state index < -0.39 is 0 Å². The van der Waals surface area contributed by atoms with Gasteiger partial charge in [-0.05, 0) is 41.7 Å². The highest BCUT2D eigenvalue weighted by molar-refractivity contribution is 6.02. The summed E-state index contributed by atoms with van der Waals surface area (Å²) in [6.45, 7) is 4.46. The number of hydrogen-bond acceptors (Lipinski definition) is 6. The van der Waals surface area contributed by atoms with Gasteiger partial charge in [0.05, 0.1) is 14.2 Å². The first-order valence-electron chi connectivity index (χ1n) is 10.1. The van der Waals surface area contributed by atoms with E-state index in [1.165, 1.54) is 0 Å². The van der Waals surface area contributed by atoms with E-state index in [2.05, 4.69) is 19.2 Å². The molecule has 2 aromatic rings. The van der Waals surface area contributed by atoms with Gasteiger partial charge in [0, 0.05) is 40.9 Å². The molecule has 1 aliphatic carbocycles. The smallest absolute Gasteiger partial charge is 0.231 e. The molecule has 0 saturated carbocycles. The van der Waals surface area contributed by atoms with Crippen LogP contribution in [0.1, 0.15) is 43.7 Å². The van der Waals surface area contributed by atoms with Crippen molar-refractivity contribution in [1.29, 1.82) is 0 Å². The Morgan fingerprint density at radius 2 is 1.77 bits per heavy atom. The lowest BCUT2D eigenvalue weighted by atomic mass is 9.68. The summed E-state index contributed by atoms with van der Waals surface area (Å²) in [4.78, 5) is 13.4. The topological polar surface area (TPSA) is 66.0 Å². The molecular formula is C24H25NO5. The second-order valence-electron chi connectivity index (χ2n) is 8.79. The minimum Gasteiger partial charge on any atom is -0.497 e. The number of nitrogens with one attached hydrogen (secondary N) is 1. The van der Waals surface area contributed by atoms with Crippen LogP contribution >= 0.6 is 0 Å². The fraction of sp³-hybridized carbons (Fsp3) is 0.375. The molecule has 0 bridgehead atoms. The highest BCUT2D eigenvalue weighted by Gasteiger charge is 2.42. The average Bonchev–Trinajstić information content (AvgIpc) is 3.16. The van der Waals surface area contributed by atoms with Gasteiger partial charge in [-0.25, -0.2) is 0 Å². The average molecular weight is 407 g/mol. The van der Waals surface area contributed by atoms with E-state index in [9.17, 15) is 4.79 Å². The number of methoxy groups -OCH3 is 2. The maximum Gasteiger partial charge on any atom is 0.231 e. The third kappa shape index (κ3) is 2.90. The van der Waals surface area contributed by atoms with Gasteiger partial charge in [0.15, 0.2) is 17.3 Å². The maximum atomic E-state index is 13.4. The van der Waals surface area contributed by atoms with Crippen molar-refractivity contribution in [2.24, 2.45) is 5.41 Å². The van der Waals surface area contributed by atoms with Crippen molar-refractivity contribution >= 4 is 11.5 Å². The summed E-state index contributed by atoms with van der Waals surface area (Å²) in [5.41, 5.74) is 4.47. The highest BCUT2D eigenvalue weighted by atomic mass is 16.7. The zero-order chi connectivity index (χ0) is 21.0. The first kappa shape index (κ1) is 18.9. The second kappa shape index (κ2) is 6.69. The molecule has 0 radical (unpaired) electrons. The van der Waals surface area contributed by atoms with E-state index in [-0.39, 0.29) is 23.9 Å². The first-order chi connectivity index (χ1) is 14.4. The molecule has 0 fully saturated rings. The molecule has 1 N–H and O–H groups in total. The SMILES string of the molecule is COc1ccc(OC)c(C2C3=C(CC(C)(C)CC3=O)Nc3cc4c(cc32)OCO4)c1. The number of rotatable bonds is 3. The van der Waals surface area contributed by atoms with Gasteiger partial charge in [-0.2, -0.15) is 0 Å². The van der Waals surface area contributed by atoms with E-state index in [0.717, 1.165) is 46.0 Å². The summed E-state index contributed by atoms with van der Waals surface area (Å²) in [5.74, 6) is 2.72. The van der Waals surface area contributed by atoms with Crippen molar-refractivity contribution in [2.75, 3.05) is 26.3 Å². The van der Waals surface area contributed by atoms with Crippen LogP contribution in [0.5, 0.6) is 23.0 Å². The summed E-state index contributed by atoms with van der Waals surface area (Å²) < 4.78 is 22.4. The van der Waals surface area contributed by atoms with Crippen molar-refractivity contribution < 1.29 is 23.7 Å². The molecular weight excluding hydrogens is 382 g/mol. The summed E-state index contributed by atoms with van der Waals surface area (Å²) in [7, 11) is 3.28. The first-order valence-corrected chi connectivity index (χ1v) is 10.1. The van der Waals surface area contributed by atoms with Crippen molar-refractivity contribution in [3.05, 3.63) is 52.7 Å². The molecule has 30 heavy (non-hydrogen) atoms. The zero-order valence-electron chi connectivity index (χ0n) is 17.6. The van der Waals surface area contributed by atoms with Gasteiger partial charge >= 0.3 is 0 Å². The molecule has 1 atom stereocenters. The summed E-state index contributed by atoms with van der Waals surface area (Å²) in [6.07, 6.45) is 1.31. The molecule has 2 aromatic carbocycles. The predicted octanol–water partition coefficient (Wildman–Crippen LogP) is 4.63. The van der Waals surface area contributed by atoms with Crippen molar-refractivity contribution in [2.45, 2.75) is 32.6 Å². The van der Waals surface area contributed by atoms with Gasteiger partial charge in [-0.15, -0.1) is 0 Å². The summed E-state index contributed by atoms with van der Waals surface area (Å²) in [6, 6.07) is 9.66. The number of carbonyl (C=O) groups excluding carboxylic acids is 1. The second-order valence-corrected chi connectivity index (χ2v) is 8.79. The number of allylic oxidation sites excluding steroid dienone is 2. The standard InChI is InChI=1S/C24H25NO5/c1-24(2)10-17-23(18(26)11-24)22(15-7-13(27-3)5-6-19(15)28-4)14-8-20-21(30-12-29-20)9-16(14)25-17/h5-9,22,25H,10-12H2,1-4H3. The normalized spacial score (nSPS) is 20.9. The fourth-order valence-electron chi connectivity index (χ4n) is 4.79. The van der Waals surface area contributed by atoms with Crippen LogP contribution in [0.2, 0.25) is 0 Å². The Morgan fingerprint density at radius 1 is 1.00 bits per heavy atom. The predicted molar refractivity (Wildman–Crippen MR) is 113 cm³/mol. The number of benzene rings is 2. The van der Waals surface area contributed by atoms with Crippen molar-refractivity contribution in [3.8, 4) is 23.0 Å². The van der Waals surface area contributed by atoms with E-state index in [1.807, 2.05) is 30.3 Å². The van der Waals surface area contributed by atoms with Crippen molar-refractivity contribution in [1.82, 2.24) is 0 Å². The Morgan fingerprint density at radius 3 is 2.50 bits per heavy atom. The van der Waals surface area contributed by atoms with E-state index in [0.29, 0.717) is 17.9 Å². The van der Waals surface area contributed by atoms with Gasteiger partial charge in [-0.3, -0.25) is 4.79 Å². The van der Waals surface area contributed by atoms with Gasteiger partial charge in [0.25, 0.3) is 0 Å². The molecule has 1 unspecified atom stereocenters. The minimum absolute atomic E-state index is 0.0974. The number of ether oxygens (including phenoxy) is 4.